The average Bonchev–Trinajstić information content (AvgIpc) is 2.77. The van der Waals surface area contributed by atoms with Crippen molar-refractivity contribution in [3.63, 3.8) is 0 Å². The minimum absolute atomic E-state index is 0.0979. The summed E-state index contributed by atoms with van der Waals surface area (Å²) in [7, 11) is -3.79. The van der Waals surface area contributed by atoms with Gasteiger partial charge in [-0.1, -0.05) is 39.3 Å². The normalized spacial score (nSPS) is 17.7. The molecule has 1 aliphatic heterocycles. The van der Waals surface area contributed by atoms with Crippen LogP contribution in [0.1, 0.15) is 66.6 Å². The first-order valence-electron chi connectivity index (χ1n) is 10.4. The van der Waals surface area contributed by atoms with E-state index in [4.69, 9.17) is 4.74 Å². The quantitative estimate of drug-likeness (QED) is 0.651. The van der Waals surface area contributed by atoms with Gasteiger partial charge >= 0.3 is 11.9 Å². The molecule has 1 aliphatic rings. The van der Waals surface area contributed by atoms with Crippen molar-refractivity contribution in [2.24, 2.45) is 0 Å². The topological polar surface area (TPSA) is 127 Å². The number of aromatic nitrogens is 2. The SMILES string of the molecule is CC(C)(C)c1ccc(S(=O)(=O)N2CCCC[C@H]2COC(=O)c2nccnc2C(=O)O)cc1. The number of benzene rings is 1. The lowest BCUT2D eigenvalue weighted by Crippen LogP contribution is -2.46. The Hall–Kier alpha value is -2.85. The third-order valence-corrected chi connectivity index (χ3v) is 7.37. The van der Waals surface area contributed by atoms with Gasteiger partial charge in [0.1, 0.15) is 6.61 Å². The van der Waals surface area contributed by atoms with Crippen LogP contribution < -0.4 is 0 Å². The highest BCUT2D eigenvalue weighted by Gasteiger charge is 2.35. The highest BCUT2D eigenvalue weighted by molar-refractivity contribution is 7.89. The molecule has 32 heavy (non-hydrogen) atoms. The van der Waals surface area contributed by atoms with E-state index in [1.165, 1.54) is 16.7 Å². The number of hydrogen-bond donors (Lipinski definition) is 1. The van der Waals surface area contributed by atoms with E-state index < -0.39 is 39.4 Å². The number of nitrogens with zero attached hydrogens (tertiary/aromatic N) is 3. The van der Waals surface area contributed by atoms with Gasteiger partial charge in [-0.15, -0.1) is 0 Å². The fraction of sp³-hybridized carbons (Fsp3) is 0.455. The molecule has 1 N–H and O–H groups in total. The summed E-state index contributed by atoms with van der Waals surface area (Å²) in [6, 6.07) is 6.28. The number of rotatable bonds is 6. The largest absolute Gasteiger partial charge is 0.476 e. The lowest BCUT2D eigenvalue weighted by molar-refractivity contribution is 0.0375. The number of sulfonamides is 1. The Morgan fingerprint density at radius 1 is 1.09 bits per heavy atom. The predicted molar refractivity (Wildman–Crippen MR) is 116 cm³/mol. The summed E-state index contributed by atoms with van der Waals surface area (Å²) in [6.07, 6.45) is 4.39. The molecule has 1 atom stereocenters. The summed E-state index contributed by atoms with van der Waals surface area (Å²) >= 11 is 0. The molecule has 0 bridgehead atoms. The van der Waals surface area contributed by atoms with Gasteiger partial charge in [0.15, 0.2) is 11.4 Å². The van der Waals surface area contributed by atoms with Gasteiger partial charge in [-0.05, 0) is 36.0 Å². The van der Waals surface area contributed by atoms with Crippen LogP contribution in [0, 0.1) is 0 Å². The molecule has 0 saturated carbocycles. The van der Waals surface area contributed by atoms with Crippen LogP contribution in [-0.2, 0) is 20.2 Å². The summed E-state index contributed by atoms with van der Waals surface area (Å²) in [5.41, 5.74) is 0.00515. The van der Waals surface area contributed by atoms with Crippen molar-refractivity contribution in [2.45, 2.75) is 56.4 Å². The first-order valence-corrected chi connectivity index (χ1v) is 11.8. The first kappa shape index (κ1) is 23.8. The zero-order valence-electron chi connectivity index (χ0n) is 18.3. The second-order valence-electron chi connectivity index (χ2n) is 8.70. The van der Waals surface area contributed by atoms with E-state index in [0.29, 0.717) is 19.4 Å². The zero-order valence-corrected chi connectivity index (χ0v) is 19.1. The van der Waals surface area contributed by atoms with Crippen LogP contribution in [-0.4, -0.2) is 58.9 Å². The van der Waals surface area contributed by atoms with Crippen LogP contribution in [0.4, 0.5) is 0 Å². The van der Waals surface area contributed by atoms with Crippen molar-refractivity contribution in [2.75, 3.05) is 13.2 Å². The van der Waals surface area contributed by atoms with Crippen molar-refractivity contribution < 1.29 is 27.9 Å². The van der Waals surface area contributed by atoms with Crippen LogP contribution in [0.15, 0.2) is 41.6 Å². The van der Waals surface area contributed by atoms with Crippen molar-refractivity contribution in [1.82, 2.24) is 14.3 Å². The number of carbonyl (C=O) groups is 2. The van der Waals surface area contributed by atoms with Gasteiger partial charge in [-0.3, -0.25) is 0 Å². The van der Waals surface area contributed by atoms with Crippen molar-refractivity contribution in [1.29, 1.82) is 0 Å². The molecular weight excluding hydrogens is 434 g/mol. The molecule has 0 unspecified atom stereocenters. The number of carboxylic acids is 1. The number of ether oxygens (including phenoxy) is 1. The second kappa shape index (κ2) is 9.33. The third-order valence-electron chi connectivity index (χ3n) is 5.40. The molecule has 0 aliphatic carbocycles. The summed E-state index contributed by atoms with van der Waals surface area (Å²) in [5.74, 6) is -2.35. The number of carbonyl (C=O) groups excluding carboxylic acids is 1. The molecule has 0 spiro atoms. The standard InChI is InChI=1S/C22H27N3O6S/c1-22(2,3)15-7-9-17(10-8-15)32(29,30)25-13-5-4-6-16(25)14-31-21(28)19-18(20(26)27)23-11-12-24-19/h7-12,16H,4-6,13-14H2,1-3H3,(H,26,27)/t16-/m0/s1. The fourth-order valence-electron chi connectivity index (χ4n) is 3.60. The van der Waals surface area contributed by atoms with Gasteiger partial charge in [-0.2, -0.15) is 4.31 Å². The molecule has 1 saturated heterocycles. The maximum atomic E-state index is 13.3. The van der Waals surface area contributed by atoms with Gasteiger partial charge in [0.2, 0.25) is 10.0 Å². The Bertz CT molecular complexity index is 1090. The number of carboxylic acid groups (broad SMARTS) is 1. The summed E-state index contributed by atoms with van der Waals surface area (Å²) in [5, 5.41) is 9.18. The Kier molecular flexibility index (Phi) is 6.94. The van der Waals surface area contributed by atoms with Gasteiger partial charge in [0.05, 0.1) is 10.9 Å². The van der Waals surface area contributed by atoms with E-state index in [2.05, 4.69) is 30.7 Å². The molecule has 3 rings (SSSR count). The zero-order chi connectivity index (χ0) is 23.5. The lowest BCUT2D eigenvalue weighted by atomic mass is 9.87. The fourth-order valence-corrected chi connectivity index (χ4v) is 5.28. The molecule has 9 nitrogen and oxygen atoms in total. The molecule has 10 heteroatoms. The molecule has 2 aromatic rings. The van der Waals surface area contributed by atoms with Gasteiger partial charge < -0.3 is 9.84 Å². The molecule has 1 aromatic heterocycles. The second-order valence-corrected chi connectivity index (χ2v) is 10.6. The molecular formula is C22H27N3O6S. The highest BCUT2D eigenvalue weighted by Crippen LogP contribution is 2.28. The lowest BCUT2D eigenvalue weighted by Gasteiger charge is -2.34. The van der Waals surface area contributed by atoms with Crippen LogP contribution in [0.25, 0.3) is 0 Å². The van der Waals surface area contributed by atoms with Crippen molar-refractivity contribution in [3.05, 3.63) is 53.6 Å². The van der Waals surface area contributed by atoms with Gasteiger partial charge in [-0.25, -0.2) is 28.0 Å². The van der Waals surface area contributed by atoms with Crippen LogP contribution in [0.5, 0.6) is 0 Å². The van der Waals surface area contributed by atoms with E-state index in [1.54, 1.807) is 12.1 Å². The van der Waals surface area contributed by atoms with Crippen LogP contribution in [0.3, 0.4) is 0 Å². The summed E-state index contributed by atoms with van der Waals surface area (Å²) in [4.78, 5) is 31.3. The van der Waals surface area contributed by atoms with E-state index >= 15 is 0 Å². The van der Waals surface area contributed by atoms with Gasteiger partial charge in [0, 0.05) is 18.9 Å². The van der Waals surface area contributed by atoms with Crippen LogP contribution >= 0.6 is 0 Å². The summed E-state index contributed by atoms with van der Waals surface area (Å²) in [6.45, 7) is 6.28. The number of aromatic carboxylic acids is 1. The number of piperidine rings is 1. The van der Waals surface area contributed by atoms with E-state index in [9.17, 15) is 23.1 Å². The van der Waals surface area contributed by atoms with E-state index in [-0.39, 0.29) is 16.9 Å². The molecule has 2 heterocycles. The molecule has 1 aromatic carbocycles. The Labute approximate surface area is 187 Å². The monoisotopic (exact) mass is 461 g/mol. The average molecular weight is 462 g/mol. The van der Waals surface area contributed by atoms with Crippen molar-refractivity contribution >= 4 is 22.0 Å². The Balaban J connectivity index is 1.77. The minimum Gasteiger partial charge on any atom is -0.476 e. The summed E-state index contributed by atoms with van der Waals surface area (Å²) < 4.78 is 33.2. The Morgan fingerprint density at radius 3 is 2.31 bits per heavy atom. The number of hydrogen-bond acceptors (Lipinski definition) is 7. The predicted octanol–water partition coefficient (Wildman–Crippen LogP) is 2.87. The van der Waals surface area contributed by atoms with Crippen molar-refractivity contribution in [3.8, 4) is 0 Å². The van der Waals surface area contributed by atoms with Crippen LogP contribution in [0.2, 0.25) is 0 Å². The van der Waals surface area contributed by atoms with E-state index in [1.807, 2.05) is 12.1 Å². The third kappa shape index (κ3) is 5.13. The van der Waals surface area contributed by atoms with Gasteiger partial charge in [0.25, 0.3) is 0 Å². The molecule has 0 amide bonds. The molecule has 0 radical (unpaired) electrons. The Morgan fingerprint density at radius 2 is 1.72 bits per heavy atom. The smallest absolute Gasteiger partial charge is 0.359 e. The maximum absolute atomic E-state index is 13.3. The van der Waals surface area contributed by atoms with E-state index in [0.717, 1.165) is 12.0 Å². The highest BCUT2D eigenvalue weighted by atomic mass is 32.2. The molecule has 1 fully saturated rings. The molecule has 172 valence electrons. The maximum Gasteiger partial charge on any atom is 0.359 e. The first-order chi connectivity index (χ1) is 15.0. The minimum atomic E-state index is -3.79. The number of esters is 1.